The molecule has 0 aromatic heterocycles. The van der Waals surface area contributed by atoms with E-state index in [0.29, 0.717) is 12.3 Å². The van der Waals surface area contributed by atoms with Crippen LogP contribution in [-0.4, -0.2) is 60.5 Å². The highest BCUT2D eigenvalue weighted by Crippen LogP contribution is 2.32. The van der Waals surface area contributed by atoms with E-state index in [0.717, 1.165) is 51.7 Å². The van der Waals surface area contributed by atoms with Gasteiger partial charge >= 0.3 is 5.97 Å². The van der Waals surface area contributed by atoms with E-state index in [9.17, 15) is 14.7 Å². The van der Waals surface area contributed by atoms with E-state index in [2.05, 4.69) is 11.9 Å². The van der Waals surface area contributed by atoms with Crippen molar-refractivity contribution in [2.24, 2.45) is 17.8 Å². The standard InChI is InChI=1S/C16H28N2O3/c1-17-9-7-12(8-10-17)11-18(2)15(19)13-5-3-4-6-14(13)16(20)21/h12-14H,3-11H2,1-2H3,(H,20,21)/t13-,14+/m1/s1. The van der Waals surface area contributed by atoms with Crippen LogP contribution in [0.1, 0.15) is 38.5 Å². The highest BCUT2D eigenvalue weighted by atomic mass is 16.4. The molecule has 2 aliphatic rings. The van der Waals surface area contributed by atoms with Crippen LogP contribution < -0.4 is 0 Å². The highest BCUT2D eigenvalue weighted by molar-refractivity contribution is 5.84. The van der Waals surface area contributed by atoms with Crippen LogP contribution in [0.2, 0.25) is 0 Å². The van der Waals surface area contributed by atoms with Gasteiger partial charge in [0.2, 0.25) is 5.91 Å². The molecule has 0 bridgehead atoms. The Morgan fingerprint density at radius 3 is 2.24 bits per heavy atom. The summed E-state index contributed by atoms with van der Waals surface area (Å²) in [6.45, 7) is 2.96. The third kappa shape index (κ3) is 4.19. The molecule has 1 amide bonds. The number of aliphatic carboxylic acids is 1. The van der Waals surface area contributed by atoms with Crippen LogP contribution in [0.3, 0.4) is 0 Å². The predicted octanol–water partition coefficient (Wildman–Crippen LogP) is 1.68. The van der Waals surface area contributed by atoms with Crippen molar-refractivity contribution >= 4 is 11.9 Å². The minimum atomic E-state index is -0.805. The molecule has 1 aliphatic carbocycles. The summed E-state index contributed by atoms with van der Waals surface area (Å²) < 4.78 is 0. The van der Waals surface area contributed by atoms with E-state index >= 15 is 0 Å². The summed E-state index contributed by atoms with van der Waals surface area (Å²) in [5.74, 6) is -0.998. The lowest BCUT2D eigenvalue weighted by Gasteiger charge is -2.35. The number of hydrogen-bond donors (Lipinski definition) is 1. The van der Waals surface area contributed by atoms with Crippen molar-refractivity contribution in [2.75, 3.05) is 33.7 Å². The molecule has 2 rings (SSSR count). The lowest BCUT2D eigenvalue weighted by Crippen LogP contribution is -2.44. The first-order chi connectivity index (χ1) is 9.99. The second kappa shape index (κ2) is 7.25. The van der Waals surface area contributed by atoms with Crippen LogP contribution in [0.4, 0.5) is 0 Å². The second-order valence-electron chi connectivity index (χ2n) is 6.80. The number of nitrogens with zero attached hydrogens (tertiary/aromatic N) is 2. The lowest BCUT2D eigenvalue weighted by atomic mass is 9.78. The number of rotatable bonds is 4. The predicted molar refractivity (Wildman–Crippen MR) is 80.9 cm³/mol. The third-order valence-electron chi connectivity index (χ3n) is 5.15. The van der Waals surface area contributed by atoms with Crippen molar-refractivity contribution in [1.29, 1.82) is 0 Å². The fraction of sp³-hybridized carbons (Fsp3) is 0.875. The van der Waals surface area contributed by atoms with Crippen LogP contribution in [0.5, 0.6) is 0 Å². The molecule has 0 aromatic carbocycles. The van der Waals surface area contributed by atoms with Crippen molar-refractivity contribution in [2.45, 2.75) is 38.5 Å². The lowest BCUT2D eigenvalue weighted by molar-refractivity contribution is -0.152. The van der Waals surface area contributed by atoms with Crippen LogP contribution >= 0.6 is 0 Å². The Kier molecular flexibility index (Phi) is 5.62. The van der Waals surface area contributed by atoms with E-state index in [4.69, 9.17) is 0 Å². The smallest absolute Gasteiger partial charge is 0.307 e. The second-order valence-corrected chi connectivity index (χ2v) is 6.80. The monoisotopic (exact) mass is 296 g/mol. The van der Waals surface area contributed by atoms with Gasteiger partial charge in [-0.05, 0) is 51.7 Å². The molecule has 0 radical (unpaired) electrons. The number of carboxylic acids is 1. The first kappa shape index (κ1) is 16.3. The van der Waals surface area contributed by atoms with Crippen molar-refractivity contribution in [3.63, 3.8) is 0 Å². The summed E-state index contributed by atoms with van der Waals surface area (Å²) in [5.41, 5.74) is 0. The Morgan fingerprint density at radius 1 is 1.10 bits per heavy atom. The van der Waals surface area contributed by atoms with Gasteiger partial charge in [0, 0.05) is 13.6 Å². The van der Waals surface area contributed by atoms with E-state index < -0.39 is 11.9 Å². The zero-order valence-corrected chi connectivity index (χ0v) is 13.3. The first-order valence-corrected chi connectivity index (χ1v) is 8.15. The molecule has 2 atom stereocenters. The van der Waals surface area contributed by atoms with Gasteiger partial charge in [0.05, 0.1) is 11.8 Å². The average Bonchev–Trinajstić information content (AvgIpc) is 2.48. The molecule has 5 nitrogen and oxygen atoms in total. The van der Waals surface area contributed by atoms with Gasteiger partial charge in [-0.2, -0.15) is 0 Å². The number of hydrogen-bond acceptors (Lipinski definition) is 3. The van der Waals surface area contributed by atoms with E-state index in [1.54, 1.807) is 4.90 Å². The van der Waals surface area contributed by atoms with Gasteiger partial charge < -0.3 is 14.9 Å². The number of carbonyl (C=O) groups is 2. The molecule has 1 heterocycles. The maximum atomic E-state index is 12.6. The summed E-state index contributed by atoms with van der Waals surface area (Å²) in [6, 6.07) is 0. The number of carbonyl (C=O) groups excluding carboxylic acids is 1. The van der Waals surface area contributed by atoms with E-state index in [1.807, 2.05) is 7.05 Å². The molecule has 1 saturated carbocycles. The zero-order chi connectivity index (χ0) is 15.4. The topological polar surface area (TPSA) is 60.9 Å². The van der Waals surface area contributed by atoms with Crippen molar-refractivity contribution in [3.05, 3.63) is 0 Å². The molecule has 1 aliphatic heterocycles. The van der Waals surface area contributed by atoms with Gasteiger partial charge in [-0.3, -0.25) is 9.59 Å². The van der Waals surface area contributed by atoms with Crippen molar-refractivity contribution < 1.29 is 14.7 Å². The van der Waals surface area contributed by atoms with Gasteiger partial charge in [-0.25, -0.2) is 0 Å². The maximum Gasteiger partial charge on any atom is 0.307 e. The SMILES string of the molecule is CN1CCC(CN(C)C(=O)[C@@H]2CCCC[C@@H]2C(=O)O)CC1. The van der Waals surface area contributed by atoms with Gasteiger partial charge in [0.15, 0.2) is 0 Å². The molecule has 120 valence electrons. The molecule has 1 saturated heterocycles. The zero-order valence-electron chi connectivity index (χ0n) is 13.3. The molecule has 0 aromatic rings. The first-order valence-electron chi connectivity index (χ1n) is 8.15. The van der Waals surface area contributed by atoms with Gasteiger partial charge in [0.1, 0.15) is 0 Å². The molecule has 5 heteroatoms. The quantitative estimate of drug-likeness (QED) is 0.857. The molecule has 21 heavy (non-hydrogen) atoms. The van der Waals surface area contributed by atoms with Gasteiger partial charge in [0.25, 0.3) is 0 Å². The molecule has 2 fully saturated rings. The Bertz CT molecular complexity index is 378. The van der Waals surface area contributed by atoms with E-state index in [1.165, 1.54) is 0 Å². The summed E-state index contributed by atoms with van der Waals surface area (Å²) in [5, 5.41) is 9.31. The number of likely N-dealkylation sites (tertiary alicyclic amines) is 1. The van der Waals surface area contributed by atoms with Gasteiger partial charge in [-0.15, -0.1) is 0 Å². The number of piperidine rings is 1. The summed E-state index contributed by atoms with van der Waals surface area (Å²) >= 11 is 0. The summed E-state index contributed by atoms with van der Waals surface area (Å²) in [6.07, 6.45) is 5.53. The van der Waals surface area contributed by atoms with Gasteiger partial charge in [-0.1, -0.05) is 12.8 Å². The summed E-state index contributed by atoms with van der Waals surface area (Å²) in [4.78, 5) is 28.1. The van der Waals surface area contributed by atoms with Crippen LogP contribution in [0.15, 0.2) is 0 Å². The minimum absolute atomic E-state index is 0.0426. The normalized spacial score (nSPS) is 28.3. The van der Waals surface area contributed by atoms with Crippen molar-refractivity contribution in [1.82, 2.24) is 9.80 Å². The average molecular weight is 296 g/mol. The van der Waals surface area contributed by atoms with Crippen LogP contribution in [0, 0.1) is 17.8 Å². The van der Waals surface area contributed by atoms with Crippen LogP contribution in [0.25, 0.3) is 0 Å². The molecular weight excluding hydrogens is 268 g/mol. The molecule has 0 spiro atoms. The maximum absolute atomic E-state index is 12.6. The Hall–Kier alpha value is -1.10. The van der Waals surface area contributed by atoms with Crippen molar-refractivity contribution in [3.8, 4) is 0 Å². The highest BCUT2D eigenvalue weighted by Gasteiger charge is 2.37. The summed E-state index contributed by atoms with van der Waals surface area (Å²) in [7, 11) is 3.97. The van der Waals surface area contributed by atoms with Crippen LogP contribution in [-0.2, 0) is 9.59 Å². The Balaban J connectivity index is 1.90. The molecular formula is C16H28N2O3. The minimum Gasteiger partial charge on any atom is -0.481 e. The van der Waals surface area contributed by atoms with E-state index in [-0.39, 0.29) is 11.8 Å². The number of carboxylic acid groups (broad SMARTS) is 1. The number of amides is 1. The largest absolute Gasteiger partial charge is 0.481 e. The Morgan fingerprint density at radius 2 is 1.67 bits per heavy atom. The molecule has 1 N–H and O–H groups in total. The fourth-order valence-corrected chi connectivity index (χ4v) is 3.73. The fourth-order valence-electron chi connectivity index (χ4n) is 3.73. The Labute approximate surface area is 127 Å². The molecule has 0 unspecified atom stereocenters. The third-order valence-corrected chi connectivity index (χ3v) is 5.15.